The maximum absolute atomic E-state index is 12.2. The summed E-state index contributed by atoms with van der Waals surface area (Å²) in [6, 6.07) is 4.98. The molecule has 0 aliphatic rings. The molecule has 1 unspecified atom stereocenters. The first-order chi connectivity index (χ1) is 10.0. The first kappa shape index (κ1) is 16.2. The first-order valence-corrected chi connectivity index (χ1v) is 9.26. The summed E-state index contributed by atoms with van der Waals surface area (Å²) in [5.41, 5.74) is 1.13. The summed E-state index contributed by atoms with van der Waals surface area (Å²) in [4.78, 5) is 0. The maximum atomic E-state index is 12.2. The minimum Gasteiger partial charge on any atom is -0.447 e. The Hall–Kier alpha value is -1.15. The third-order valence-corrected chi connectivity index (χ3v) is 5.12. The molecule has 2 heterocycles. The molecular formula is C14H20N2O3S2. The van der Waals surface area contributed by atoms with Crippen LogP contribution in [0.25, 0.3) is 0 Å². The molecule has 0 aliphatic carbocycles. The van der Waals surface area contributed by atoms with Gasteiger partial charge in [0.25, 0.3) is 10.0 Å². The molecule has 1 atom stereocenters. The lowest BCUT2D eigenvalue weighted by atomic mass is 10.1. The van der Waals surface area contributed by atoms with Gasteiger partial charge in [-0.1, -0.05) is 6.92 Å². The molecule has 2 aromatic rings. The van der Waals surface area contributed by atoms with Crippen molar-refractivity contribution in [2.75, 3.05) is 6.54 Å². The van der Waals surface area contributed by atoms with Gasteiger partial charge in [-0.15, -0.1) is 0 Å². The topological polar surface area (TPSA) is 71.3 Å². The van der Waals surface area contributed by atoms with Gasteiger partial charge in [0.2, 0.25) is 5.09 Å². The Kier molecular flexibility index (Phi) is 5.58. The lowest BCUT2D eigenvalue weighted by Gasteiger charge is -2.12. The highest BCUT2D eigenvalue weighted by Gasteiger charge is 2.21. The largest absolute Gasteiger partial charge is 0.447 e. The molecule has 116 valence electrons. The monoisotopic (exact) mass is 328 g/mol. The molecule has 0 saturated heterocycles. The van der Waals surface area contributed by atoms with Crippen LogP contribution in [0.1, 0.15) is 25.2 Å². The van der Waals surface area contributed by atoms with Gasteiger partial charge in [-0.2, -0.15) is 11.3 Å². The lowest BCUT2D eigenvalue weighted by molar-refractivity contribution is 0.399. The maximum Gasteiger partial charge on any atom is 0.274 e. The molecule has 7 heteroatoms. The highest BCUT2D eigenvalue weighted by Crippen LogP contribution is 2.15. The van der Waals surface area contributed by atoms with E-state index in [4.69, 9.17) is 4.42 Å². The summed E-state index contributed by atoms with van der Waals surface area (Å²) in [5.74, 6) is 0.614. The van der Waals surface area contributed by atoms with E-state index in [1.807, 2.05) is 30.7 Å². The molecule has 21 heavy (non-hydrogen) atoms. The van der Waals surface area contributed by atoms with E-state index in [1.54, 1.807) is 17.4 Å². The van der Waals surface area contributed by atoms with Crippen molar-refractivity contribution in [1.82, 2.24) is 10.0 Å². The predicted molar refractivity (Wildman–Crippen MR) is 83.9 cm³/mol. The Morgan fingerprint density at radius 3 is 2.81 bits per heavy atom. The minimum absolute atomic E-state index is 0.0347. The van der Waals surface area contributed by atoms with Crippen molar-refractivity contribution in [2.24, 2.45) is 0 Å². The van der Waals surface area contributed by atoms with E-state index in [0.717, 1.165) is 12.1 Å². The second-order valence-electron chi connectivity index (χ2n) is 4.86. The fourth-order valence-corrected chi connectivity index (χ4v) is 3.85. The number of furan rings is 1. The predicted octanol–water partition coefficient (Wildman–Crippen LogP) is 2.36. The zero-order chi connectivity index (χ0) is 15.3. The Morgan fingerprint density at radius 2 is 2.14 bits per heavy atom. The number of thiophene rings is 1. The van der Waals surface area contributed by atoms with Gasteiger partial charge in [0.1, 0.15) is 5.76 Å². The van der Waals surface area contributed by atoms with Crippen molar-refractivity contribution >= 4 is 21.4 Å². The van der Waals surface area contributed by atoms with Gasteiger partial charge in [0, 0.05) is 6.04 Å². The molecule has 0 aliphatic heterocycles. The summed E-state index contributed by atoms with van der Waals surface area (Å²) in [5, 5.41) is 7.06. The average Bonchev–Trinajstić information content (AvgIpc) is 3.06. The standard InChI is InChI=1S/C14H20N2O3S2/c1-3-15-9-13-4-5-14(19-13)21(17,18)16-11(2)8-12-6-7-20-10-12/h4-7,10-11,15-16H,3,8-9H2,1-2H3. The Labute approximate surface area is 129 Å². The molecule has 0 spiro atoms. The summed E-state index contributed by atoms with van der Waals surface area (Å²) < 4.78 is 32.5. The van der Waals surface area contributed by atoms with Gasteiger partial charge >= 0.3 is 0 Å². The Morgan fingerprint density at radius 1 is 1.33 bits per heavy atom. The van der Waals surface area contributed by atoms with Crippen LogP contribution in [0.3, 0.4) is 0 Å². The number of hydrogen-bond acceptors (Lipinski definition) is 5. The fraction of sp³-hybridized carbons (Fsp3) is 0.429. The van der Waals surface area contributed by atoms with Crippen molar-refractivity contribution < 1.29 is 12.8 Å². The normalized spacial score (nSPS) is 13.4. The summed E-state index contributed by atoms with van der Waals surface area (Å²) in [7, 11) is -3.61. The number of nitrogens with one attached hydrogen (secondary N) is 2. The highest BCUT2D eigenvalue weighted by molar-refractivity contribution is 7.89. The zero-order valence-corrected chi connectivity index (χ0v) is 13.8. The van der Waals surface area contributed by atoms with Gasteiger partial charge < -0.3 is 9.73 Å². The molecule has 0 bridgehead atoms. The molecule has 0 amide bonds. The Balaban J connectivity index is 1.98. The van der Waals surface area contributed by atoms with E-state index in [2.05, 4.69) is 10.0 Å². The van der Waals surface area contributed by atoms with Crippen LogP contribution in [0.4, 0.5) is 0 Å². The van der Waals surface area contributed by atoms with Crippen LogP contribution in [0, 0.1) is 0 Å². The van der Waals surface area contributed by atoms with Crippen LogP contribution in [-0.4, -0.2) is 21.0 Å². The van der Waals surface area contributed by atoms with Gasteiger partial charge in [-0.3, -0.25) is 0 Å². The van der Waals surface area contributed by atoms with Crippen molar-refractivity contribution in [1.29, 1.82) is 0 Å². The van der Waals surface area contributed by atoms with Crippen LogP contribution in [0.5, 0.6) is 0 Å². The summed E-state index contributed by atoms with van der Waals surface area (Å²) in [6.07, 6.45) is 0.660. The van der Waals surface area contributed by atoms with Crippen LogP contribution < -0.4 is 10.0 Å². The quantitative estimate of drug-likeness (QED) is 0.780. The average molecular weight is 328 g/mol. The van der Waals surface area contributed by atoms with Gasteiger partial charge in [-0.05, 0) is 54.4 Å². The molecule has 2 rings (SSSR count). The molecule has 0 radical (unpaired) electrons. The van der Waals surface area contributed by atoms with Crippen molar-refractivity contribution in [2.45, 2.75) is 37.9 Å². The second-order valence-corrected chi connectivity index (χ2v) is 7.28. The van der Waals surface area contributed by atoms with Gasteiger partial charge in [-0.25, -0.2) is 13.1 Å². The van der Waals surface area contributed by atoms with E-state index in [-0.39, 0.29) is 11.1 Å². The molecule has 2 N–H and O–H groups in total. The van der Waals surface area contributed by atoms with E-state index < -0.39 is 10.0 Å². The van der Waals surface area contributed by atoms with Crippen molar-refractivity contribution in [3.8, 4) is 0 Å². The first-order valence-electron chi connectivity index (χ1n) is 6.84. The van der Waals surface area contributed by atoms with E-state index in [0.29, 0.717) is 18.7 Å². The van der Waals surface area contributed by atoms with E-state index in [1.165, 1.54) is 6.07 Å². The number of rotatable bonds is 8. The smallest absolute Gasteiger partial charge is 0.274 e. The van der Waals surface area contributed by atoms with Crippen molar-refractivity contribution in [3.05, 3.63) is 40.3 Å². The van der Waals surface area contributed by atoms with Crippen LogP contribution in [0.15, 0.2) is 38.5 Å². The van der Waals surface area contributed by atoms with Crippen LogP contribution in [-0.2, 0) is 23.0 Å². The third-order valence-electron chi connectivity index (χ3n) is 2.93. The van der Waals surface area contributed by atoms with Gasteiger partial charge in [0.05, 0.1) is 6.54 Å². The molecular weight excluding hydrogens is 308 g/mol. The molecule has 0 fully saturated rings. The summed E-state index contributed by atoms with van der Waals surface area (Å²) >= 11 is 1.60. The van der Waals surface area contributed by atoms with Gasteiger partial charge in [0.15, 0.2) is 0 Å². The SMILES string of the molecule is CCNCc1ccc(S(=O)(=O)NC(C)Cc2ccsc2)o1. The number of sulfonamides is 1. The highest BCUT2D eigenvalue weighted by atomic mass is 32.2. The van der Waals surface area contributed by atoms with Crippen LogP contribution in [0.2, 0.25) is 0 Å². The van der Waals surface area contributed by atoms with Crippen LogP contribution >= 0.6 is 11.3 Å². The Bertz CT molecular complexity index is 648. The number of hydrogen-bond donors (Lipinski definition) is 2. The van der Waals surface area contributed by atoms with E-state index >= 15 is 0 Å². The summed E-state index contributed by atoms with van der Waals surface area (Å²) in [6.45, 7) is 5.15. The molecule has 0 aromatic carbocycles. The lowest BCUT2D eigenvalue weighted by Crippen LogP contribution is -2.33. The molecule has 5 nitrogen and oxygen atoms in total. The molecule has 2 aromatic heterocycles. The zero-order valence-electron chi connectivity index (χ0n) is 12.1. The second kappa shape index (κ2) is 7.22. The molecule has 0 saturated carbocycles. The van der Waals surface area contributed by atoms with Crippen molar-refractivity contribution in [3.63, 3.8) is 0 Å². The van der Waals surface area contributed by atoms with E-state index in [9.17, 15) is 8.42 Å². The fourth-order valence-electron chi connectivity index (χ4n) is 1.97. The minimum atomic E-state index is -3.61. The third kappa shape index (κ3) is 4.67.